The van der Waals surface area contributed by atoms with Crippen molar-refractivity contribution in [3.63, 3.8) is 0 Å². The van der Waals surface area contributed by atoms with Crippen molar-refractivity contribution in [2.45, 2.75) is 0 Å². The maximum atomic E-state index is 12.2. The summed E-state index contributed by atoms with van der Waals surface area (Å²) >= 11 is 3.10. The van der Waals surface area contributed by atoms with Crippen molar-refractivity contribution in [3.8, 4) is 10.9 Å². The Balaban J connectivity index is 1.47. The molecule has 0 saturated heterocycles. The molecule has 122 valence electrons. The van der Waals surface area contributed by atoms with Crippen molar-refractivity contribution in [2.24, 2.45) is 0 Å². The van der Waals surface area contributed by atoms with E-state index in [1.807, 2.05) is 47.9 Å². The van der Waals surface area contributed by atoms with Crippen LogP contribution in [0.1, 0.15) is 15.2 Å². The number of fused-ring (bicyclic) bond motifs is 1. The summed E-state index contributed by atoms with van der Waals surface area (Å²) in [5.74, 6) is 0.637. The van der Waals surface area contributed by atoms with E-state index in [1.54, 1.807) is 41.7 Å². The Kier molecular flexibility index (Phi) is 4.41. The molecule has 3 nitrogen and oxygen atoms in total. The molecule has 0 saturated carbocycles. The van der Waals surface area contributed by atoms with Crippen LogP contribution < -0.4 is 4.74 Å². The van der Waals surface area contributed by atoms with Gasteiger partial charge in [0.25, 0.3) is 5.19 Å². The molecule has 2 aromatic carbocycles. The molecule has 0 N–H and O–H groups in total. The molecule has 0 aliphatic carbocycles. The second-order valence-corrected chi connectivity index (χ2v) is 7.26. The fourth-order valence-corrected chi connectivity index (χ4v) is 3.78. The molecule has 2 aromatic heterocycles. The molecule has 0 aliphatic rings. The number of ketones is 1. The standard InChI is InChI=1S/C20H13NO2S2/c22-18(12-11-16-4-3-13-24-16)14-7-9-15(10-8-14)23-20-21-17-5-1-2-6-19(17)25-20/h1-13H/b12-11+. The minimum Gasteiger partial charge on any atom is -0.431 e. The first kappa shape index (κ1) is 15.7. The summed E-state index contributed by atoms with van der Waals surface area (Å²) in [5.41, 5.74) is 1.55. The third kappa shape index (κ3) is 3.68. The number of carbonyl (C=O) groups is 1. The van der Waals surface area contributed by atoms with Gasteiger partial charge in [0.05, 0.1) is 10.2 Å². The van der Waals surface area contributed by atoms with E-state index in [2.05, 4.69) is 4.98 Å². The molecule has 5 heteroatoms. The Labute approximate surface area is 152 Å². The molecule has 0 spiro atoms. The molecule has 0 atom stereocenters. The van der Waals surface area contributed by atoms with Crippen LogP contribution in [0.25, 0.3) is 16.3 Å². The minimum atomic E-state index is -0.0278. The number of rotatable bonds is 5. The van der Waals surface area contributed by atoms with Crippen molar-refractivity contribution in [1.82, 2.24) is 4.98 Å². The number of hydrogen-bond donors (Lipinski definition) is 0. The summed E-state index contributed by atoms with van der Waals surface area (Å²) < 4.78 is 6.88. The molecule has 0 bridgehead atoms. The van der Waals surface area contributed by atoms with Crippen LogP contribution in [0.15, 0.2) is 72.1 Å². The fourth-order valence-electron chi connectivity index (χ4n) is 2.32. The van der Waals surface area contributed by atoms with Gasteiger partial charge in [-0.15, -0.1) is 11.3 Å². The van der Waals surface area contributed by atoms with Crippen molar-refractivity contribution >= 4 is 44.7 Å². The number of aromatic nitrogens is 1. The van der Waals surface area contributed by atoms with Gasteiger partial charge in [0.2, 0.25) is 0 Å². The highest BCUT2D eigenvalue weighted by atomic mass is 32.1. The average Bonchev–Trinajstić information content (AvgIpc) is 3.29. The van der Waals surface area contributed by atoms with Crippen LogP contribution in [0.4, 0.5) is 0 Å². The van der Waals surface area contributed by atoms with Crippen molar-refractivity contribution in [1.29, 1.82) is 0 Å². The maximum Gasteiger partial charge on any atom is 0.279 e. The van der Waals surface area contributed by atoms with Crippen LogP contribution in [0.2, 0.25) is 0 Å². The molecule has 2 heterocycles. The van der Waals surface area contributed by atoms with E-state index in [0.29, 0.717) is 16.5 Å². The van der Waals surface area contributed by atoms with E-state index >= 15 is 0 Å². The number of thiophene rings is 1. The maximum absolute atomic E-state index is 12.2. The Morgan fingerprint density at radius 3 is 2.60 bits per heavy atom. The Hall–Kier alpha value is -2.76. The minimum absolute atomic E-state index is 0.0278. The number of para-hydroxylation sites is 1. The van der Waals surface area contributed by atoms with Crippen molar-refractivity contribution in [2.75, 3.05) is 0 Å². The largest absolute Gasteiger partial charge is 0.431 e. The molecule has 4 rings (SSSR count). The molecule has 25 heavy (non-hydrogen) atoms. The van der Waals surface area contributed by atoms with Crippen LogP contribution >= 0.6 is 22.7 Å². The van der Waals surface area contributed by atoms with Gasteiger partial charge in [0.1, 0.15) is 5.75 Å². The monoisotopic (exact) mass is 363 g/mol. The molecular weight excluding hydrogens is 350 g/mol. The van der Waals surface area contributed by atoms with Gasteiger partial charge in [0, 0.05) is 10.4 Å². The van der Waals surface area contributed by atoms with Crippen LogP contribution in [-0.2, 0) is 0 Å². The van der Waals surface area contributed by atoms with Crippen molar-refractivity contribution < 1.29 is 9.53 Å². The second-order valence-electron chi connectivity index (χ2n) is 5.29. The van der Waals surface area contributed by atoms with Crippen LogP contribution in [0.5, 0.6) is 10.9 Å². The number of carbonyl (C=O) groups excluding carboxylic acids is 1. The molecular formula is C20H13NO2S2. The smallest absolute Gasteiger partial charge is 0.279 e. The number of allylic oxidation sites excluding steroid dienone is 1. The topological polar surface area (TPSA) is 39.2 Å². The highest BCUT2D eigenvalue weighted by Gasteiger charge is 2.07. The van der Waals surface area contributed by atoms with Gasteiger partial charge in [-0.25, -0.2) is 4.98 Å². The molecule has 0 fully saturated rings. The number of hydrogen-bond acceptors (Lipinski definition) is 5. The van der Waals surface area contributed by atoms with E-state index in [-0.39, 0.29) is 5.78 Å². The van der Waals surface area contributed by atoms with E-state index in [0.717, 1.165) is 15.1 Å². The zero-order chi connectivity index (χ0) is 17.1. The van der Waals surface area contributed by atoms with Crippen molar-refractivity contribution in [3.05, 3.63) is 82.6 Å². The zero-order valence-corrected chi connectivity index (χ0v) is 14.7. The zero-order valence-electron chi connectivity index (χ0n) is 13.1. The summed E-state index contributed by atoms with van der Waals surface area (Å²) in [5, 5.41) is 2.58. The summed E-state index contributed by atoms with van der Waals surface area (Å²) in [6, 6.07) is 19.0. The van der Waals surface area contributed by atoms with Gasteiger partial charge in [-0.1, -0.05) is 29.5 Å². The highest BCUT2D eigenvalue weighted by molar-refractivity contribution is 7.20. The Morgan fingerprint density at radius 1 is 1.00 bits per heavy atom. The quantitative estimate of drug-likeness (QED) is 0.320. The molecule has 4 aromatic rings. The van der Waals surface area contributed by atoms with Gasteiger partial charge >= 0.3 is 0 Å². The number of nitrogens with zero attached hydrogens (tertiary/aromatic N) is 1. The van der Waals surface area contributed by atoms with Gasteiger partial charge < -0.3 is 4.74 Å². The first-order chi connectivity index (χ1) is 12.3. The predicted molar refractivity (Wildman–Crippen MR) is 104 cm³/mol. The lowest BCUT2D eigenvalue weighted by molar-refractivity contribution is 0.104. The van der Waals surface area contributed by atoms with E-state index in [4.69, 9.17) is 4.74 Å². The van der Waals surface area contributed by atoms with E-state index < -0.39 is 0 Å². The number of benzene rings is 2. The van der Waals surface area contributed by atoms with Gasteiger partial charge in [-0.3, -0.25) is 4.79 Å². The SMILES string of the molecule is O=C(/C=C/c1cccs1)c1ccc(Oc2nc3ccccc3s2)cc1. The van der Waals surface area contributed by atoms with E-state index in [9.17, 15) is 4.79 Å². The summed E-state index contributed by atoms with van der Waals surface area (Å²) in [6.45, 7) is 0. The summed E-state index contributed by atoms with van der Waals surface area (Å²) in [6.07, 6.45) is 3.42. The highest BCUT2D eigenvalue weighted by Crippen LogP contribution is 2.31. The lowest BCUT2D eigenvalue weighted by Gasteiger charge is -2.02. The first-order valence-electron chi connectivity index (χ1n) is 7.67. The van der Waals surface area contributed by atoms with Crippen LogP contribution in [-0.4, -0.2) is 10.8 Å². The number of ether oxygens (including phenoxy) is 1. The van der Waals surface area contributed by atoms with Gasteiger partial charge in [0.15, 0.2) is 5.78 Å². The van der Waals surface area contributed by atoms with Gasteiger partial charge in [-0.05, 0) is 60.0 Å². The third-order valence-corrected chi connectivity index (χ3v) is 5.31. The van der Waals surface area contributed by atoms with E-state index in [1.165, 1.54) is 11.3 Å². The molecule has 0 unspecified atom stereocenters. The first-order valence-corrected chi connectivity index (χ1v) is 9.37. The lowest BCUT2D eigenvalue weighted by atomic mass is 10.1. The summed E-state index contributed by atoms with van der Waals surface area (Å²) in [7, 11) is 0. The molecule has 0 aliphatic heterocycles. The van der Waals surface area contributed by atoms with Crippen LogP contribution in [0, 0.1) is 0 Å². The normalized spacial score (nSPS) is 11.2. The van der Waals surface area contributed by atoms with Crippen LogP contribution in [0.3, 0.4) is 0 Å². The lowest BCUT2D eigenvalue weighted by Crippen LogP contribution is -1.93. The molecule has 0 amide bonds. The summed E-state index contributed by atoms with van der Waals surface area (Å²) in [4.78, 5) is 17.7. The predicted octanol–water partition coefficient (Wildman–Crippen LogP) is 6.05. The average molecular weight is 363 g/mol. The Morgan fingerprint density at radius 2 is 1.84 bits per heavy atom. The Bertz CT molecular complexity index is 998. The third-order valence-electron chi connectivity index (χ3n) is 3.56. The fraction of sp³-hybridized carbons (Fsp3) is 0. The molecule has 0 radical (unpaired) electrons. The number of thiazole rings is 1. The van der Waals surface area contributed by atoms with Gasteiger partial charge in [-0.2, -0.15) is 0 Å². The second kappa shape index (κ2) is 7.01.